The molecule has 1 spiro atoms. The number of methoxy groups -OCH3 is 2. The van der Waals surface area contributed by atoms with Crippen molar-refractivity contribution in [3.8, 4) is 17.2 Å². The smallest absolute Gasteiger partial charge is 0.200 e. The Hall–Kier alpha value is -2.73. The minimum atomic E-state index is -0.424. The van der Waals surface area contributed by atoms with Crippen molar-refractivity contribution >= 4 is 5.71 Å². The van der Waals surface area contributed by atoms with Crippen LogP contribution in [0.3, 0.4) is 0 Å². The van der Waals surface area contributed by atoms with Crippen LogP contribution in [0, 0.1) is 0 Å². The number of ether oxygens (including phenoxy) is 3. The summed E-state index contributed by atoms with van der Waals surface area (Å²) in [5, 5.41) is 7.39. The molecule has 6 heteroatoms. The van der Waals surface area contributed by atoms with E-state index < -0.39 is 5.72 Å². The first-order chi connectivity index (χ1) is 14.7. The molecule has 3 aliphatic heterocycles. The van der Waals surface area contributed by atoms with E-state index in [0.29, 0.717) is 0 Å². The Balaban J connectivity index is 1.55. The van der Waals surface area contributed by atoms with Gasteiger partial charge in [0, 0.05) is 37.9 Å². The Bertz CT molecular complexity index is 949. The van der Waals surface area contributed by atoms with Crippen LogP contribution in [0.2, 0.25) is 0 Å². The molecule has 1 atom stereocenters. The lowest BCUT2D eigenvalue weighted by atomic mass is 9.90. The van der Waals surface area contributed by atoms with E-state index in [1.54, 1.807) is 14.2 Å². The number of nitrogens with zero attached hydrogens (tertiary/aromatic N) is 3. The number of piperidine rings is 1. The van der Waals surface area contributed by atoms with Crippen LogP contribution in [-0.2, 0) is 0 Å². The van der Waals surface area contributed by atoms with Gasteiger partial charge in [0.25, 0.3) is 0 Å². The lowest BCUT2D eigenvalue weighted by molar-refractivity contribution is -0.150. The van der Waals surface area contributed by atoms with Gasteiger partial charge in [0.15, 0.2) is 11.5 Å². The van der Waals surface area contributed by atoms with Crippen LogP contribution >= 0.6 is 0 Å². The number of rotatable bonds is 4. The van der Waals surface area contributed by atoms with E-state index in [-0.39, 0.29) is 6.04 Å². The van der Waals surface area contributed by atoms with Crippen molar-refractivity contribution in [2.24, 2.45) is 5.10 Å². The first-order valence-electron chi connectivity index (χ1n) is 10.8. The third-order valence-corrected chi connectivity index (χ3v) is 6.72. The summed E-state index contributed by atoms with van der Waals surface area (Å²) in [6.45, 7) is 5.31. The zero-order chi connectivity index (χ0) is 20.7. The maximum absolute atomic E-state index is 6.76. The van der Waals surface area contributed by atoms with Gasteiger partial charge in [-0.05, 0) is 42.4 Å². The molecule has 0 aliphatic carbocycles. The highest BCUT2D eigenvalue weighted by molar-refractivity contribution is 6.02. The highest BCUT2D eigenvalue weighted by atomic mass is 16.5. The van der Waals surface area contributed by atoms with Gasteiger partial charge in [-0.2, -0.15) is 5.10 Å². The summed E-state index contributed by atoms with van der Waals surface area (Å²) in [5.41, 5.74) is 2.96. The minimum absolute atomic E-state index is 0.161. The molecule has 1 saturated heterocycles. The number of likely N-dealkylation sites (tertiary alicyclic amines) is 1. The van der Waals surface area contributed by atoms with Crippen molar-refractivity contribution in [3.05, 3.63) is 53.6 Å². The van der Waals surface area contributed by atoms with Crippen LogP contribution in [0.5, 0.6) is 17.2 Å². The van der Waals surface area contributed by atoms with Gasteiger partial charge >= 0.3 is 0 Å². The number of hydrogen-bond acceptors (Lipinski definition) is 6. The van der Waals surface area contributed by atoms with E-state index in [2.05, 4.69) is 35.0 Å². The second-order valence-electron chi connectivity index (χ2n) is 8.20. The quantitative estimate of drug-likeness (QED) is 0.765. The molecule has 6 nitrogen and oxygen atoms in total. The van der Waals surface area contributed by atoms with E-state index in [9.17, 15) is 0 Å². The minimum Gasteiger partial charge on any atom is -0.497 e. The highest BCUT2D eigenvalue weighted by Gasteiger charge is 2.52. The largest absolute Gasteiger partial charge is 0.497 e. The molecule has 0 aromatic heterocycles. The molecule has 5 rings (SSSR count). The molecule has 0 radical (unpaired) electrons. The molecular formula is C24H29N3O3. The van der Waals surface area contributed by atoms with Gasteiger partial charge in [0.1, 0.15) is 5.75 Å². The molecule has 1 unspecified atom stereocenters. The molecule has 30 heavy (non-hydrogen) atoms. The second-order valence-corrected chi connectivity index (χ2v) is 8.20. The summed E-state index contributed by atoms with van der Waals surface area (Å²) in [6.07, 6.45) is 2.71. The van der Waals surface area contributed by atoms with Gasteiger partial charge in [-0.3, -0.25) is 0 Å². The van der Waals surface area contributed by atoms with Crippen molar-refractivity contribution < 1.29 is 14.2 Å². The summed E-state index contributed by atoms with van der Waals surface area (Å²) in [6, 6.07) is 14.5. The van der Waals surface area contributed by atoms with E-state index in [0.717, 1.165) is 73.0 Å². The number of benzene rings is 2. The average molecular weight is 408 g/mol. The van der Waals surface area contributed by atoms with Gasteiger partial charge in [-0.15, -0.1) is 0 Å². The van der Waals surface area contributed by atoms with Gasteiger partial charge in [-0.25, -0.2) is 5.01 Å². The average Bonchev–Trinajstić information content (AvgIpc) is 3.26. The zero-order valence-corrected chi connectivity index (χ0v) is 17.9. The Kier molecular flexibility index (Phi) is 4.82. The van der Waals surface area contributed by atoms with Crippen LogP contribution in [0.15, 0.2) is 47.6 Å². The van der Waals surface area contributed by atoms with Crippen molar-refractivity contribution in [1.29, 1.82) is 0 Å². The number of hydrazone groups is 1. The highest BCUT2D eigenvalue weighted by Crippen LogP contribution is 2.52. The fourth-order valence-corrected chi connectivity index (χ4v) is 4.94. The zero-order valence-electron chi connectivity index (χ0n) is 17.9. The van der Waals surface area contributed by atoms with Crippen LogP contribution in [0.25, 0.3) is 0 Å². The Morgan fingerprint density at radius 3 is 2.50 bits per heavy atom. The Morgan fingerprint density at radius 1 is 1.07 bits per heavy atom. The van der Waals surface area contributed by atoms with E-state index in [4.69, 9.17) is 19.3 Å². The first-order valence-corrected chi connectivity index (χ1v) is 10.8. The molecule has 158 valence electrons. The molecule has 0 N–H and O–H groups in total. The maximum Gasteiger partial charge on any atom is 0.200 e. The monoisotopic (exact) mass is 407 g/mol. The Labute approximate surface area is 178 Å². The second kappa shape index (κ2) is 7.51. The third-order valence-electron chi connectivity index (χ3n) is 6.72. The normalized spacial score (nSPS) is 22.2. The molecule has 0 amide bonds. The lowest BCUT2D eigenvalue weighted by Crippen LogP contribution is -2.59. The van der Waals surface area contributed by atoms with Crippen LogP contribution < -0.4 is 14.2 Å². The lowest BCUT2D eigenvalue weighted by Gasteiger charge is -2.51. The van der Waals surface area contributed by atoms with Gasteiger partial charge < -0.3 is 19.1 Å². The predicted octanol–water partition coefficient (Wildman–Crippen LogP) is 4.06. The summed E-state index contributed by atoms with van der Waals surface area (Å²) in [4.78, 5) is 2.48. The maximum atomic E-state index is 6.76. The topological polar surface area (TPSA) is 46.5 Å². The van der Waals surface area contributed by atoms with Crippen LogP contribution in [0.1, 0.15) is 43.4 Å². The van der Waals surface area contributed by atoms with Crippen molar-refractivity contribution in [2.75, 3.05) is 33.9 Å². The summed E-state index contributed by atoms with van der Waals surface area (Å²) < 4.78 is 17.7. The van der Waals surface area contributed by atoms with Crippen molar-refractivity contribution in [1.82, 2.24) is 9.91 Å². The predicted molar refractivity (Wildman–Crippen MR) is 116 cm³/mol. The molecular weight excluding hydrogens is 378 g/mol. The van der Waals surface area contributed by atoms with Gasteiger partial charge in [0.2, 0.25) is 5.72 Å². The first kappa shape index (κ1) is 19.2. The Morgan fingerprint density at radius 2 is 1.83 bits per heavy atom. The fraction of sp³-hybridized carbons (Fsp3) is 0.458. The molecule has 3 heterocycles. The van der Waals surface area contributed by atoms with Crippen molar-refractivity contribution in [2.45, 2.75) is 38.0 Å². The van der Waals surface area contributed by atoms with Gasteiger partial charge in [0.05, 0.1) is 26.0 Å². The van der Waals surface area contributed by atoms with E-state index in [1.165, 1.54) is 0 Å². The third kappa shape index (κ3) is 3.01. The molecule has 0 bridgehead atoms. The summed E-state index contributed by atoms with van der Waals surface area (Å²) >= 11 is 0. The van der Waals surface area contributed by atoms with Gasteiger partial charge in [-0.1, -0.05) is 19.1 Å². The summed E-state index contributed by atoms with van der Waals surface area (Å²) in [5.74, 6) is 2.55. The van der Waals surface area contributed by atoms with Crippen LogP contribution in [0.4, 0.5) is 0 Å². The standard InChI is InChI=1S/C24H29N3O3/c1-4-26-14-12-24(13-15-26)27-21(19-6-5-7-22(29-3)23(19)30-24)16-20(25-27)17-8-10-18(28-2)11-9-17/h5-11,21H,4,12-16H2,1-3H3. The van der Waals surface area contributed by atoms with Crippen LogP contribution in [-0.4, -0.2) is 55.2 Å². The van der Waals surface area contributed by atoms with Crippen molar-refractivity contribution in [3.63, 3.8) is 0 Å². The molecule has 2 aromatic rings. The summed E-state index contributed by atoms with van der Waals surface area (Å²) in [7, 11) is 3.40. The molecule has 0 saturated carbocycles. The fourth-order valence-electron chi connectivity index (χ4n) is 4.94. The molecule has 1 fully saturated rings. The number of hydrogen-bond donors (Lipinski definition) is 0. The SMILES string of the molecule is CCN1CCC2(CC1)Oc1c(OC)cccc1C1CC(c3ccc(OC)cc3)=NN12. The number of para-hydroxylation sites is 1. The van der Waals surface area contributed by atoms with E-state index >= 15 is 0 Å². The molecule has 2 aromatic carbocycles. The molecule has 3 aliphatic rings. The van der Waals surface area contributed by atoms with E-state index in [1.807, 2.05) is 24.3 Å². The number of fused-ring (bicyclic) bond motifs is 4.